The molecule has 2 nitrogen and oxygen atoms in total. The van der Waals surface area contributed by atoms with E-state index in [1.54, 1.807) is 0 Å². The van der Waals surface area contributed by atoms with Crippen LogP contribution in [0, 0.1) is 12.8 Å². The smallest absolute Gasteiger partial charge is 0.138 e. The topological polar surface area (TPSA) is 37.3 Å². The highest BCUT2D eigenvalue weighted by Gasteiger charge is 2.29. The molecule has 0 radical (unpaired) electrons. The molecule has 1 aliphatic rings. The highest BCUT2D eigenvalue weighted by Crippen LogP contribution is 2.32. The van der Waals surface area contributed by atoms with Crippen LogP contribution in [-0.4, -0.2) is 10.9 Å². The molecule has 0 heterocycles. The molecule has 0 aromatic heterocycles. The number of aliphatic hydroxyl groups excluding tert-OH is 1. The number of Topliss-reactive ketones (excluding diaryl/α,β-unsaturated/α-hetero) is 1. The molecule has 0 saturated heterocycles. The zero-order chi connectivity index (χ0) is 11.5. The third-order valence-electron chi connectivity index (χ3n) is 3.40. The van der Waals surface area contributed by atoms with Crippen molar-refractivity contribution in [2.75, 3.05) is 0 Å². The quantitative estimate of drug-likeness (QED) is 0.828. The number of benzene rings is 1. The Morgan fingerprint density at radius 3 is 2.56 bits per heavy atom. The van der Waals surface area contributed by atoms with Gasteiger partial charge in [0.15, 0.2) is 0 Å². The van der Waals surface area contributed by atoms with Crippen LogP contribution in [0.3, 0.4) is 0 Å². The summed E-state index contributed by atoms with van der Waals surface area (Å²) in [6, 6.07) is 7.79. The van der Waals surface area contributed by atoms with Gasteiger partial charge in [-0.2, -0.15) is 0 Å². The standard InChI is InChI=1S/C14H18O2/c1-10-6-8-11(9-7-10)14(16)12-4-2-3-5-13(12)15/h6-9,12,14,16H,2-5H2,1H3/t12-,14-/m0/s1. The molecule has 0 unspecified atom stereocenters. The third kappa shape index (κ3) is 2.33. The van der Waals surface area contributed by atoms with Crippen molar-refractivity contribution in [1.82, 2.24) is 0 Å². The van der Waals surface area contributed by atoms with Crippen LogP contribution in [0.5, 0.6) is 0 Å². The number of rotatable bonds is 2. The summed E-state index contributed by atoms with van der Waals surface area (Å²) < 4.78 is 0. The van der Waals surface area contributed by atoms with Crippen LogP contribution in [0.2, 0.25) is 0 Å². The van der Waals surface area contributed by atoms with Crippen molar-refractivity contribution >= 4 is 5.78 Å². The summed E-state index contributed by atoms with van der Waals surface area (Å²) in [5.74, 6) is 0.0378. The molecule has 1 fully saturated rings. The second-order valence-corrected chi connectivity index (χ2v) is 4.67. The lowest BCUT2D eigenvalue weighted by Gasteiger charge is -2.25. The summed E-state index contributed by atoms with van der Waals surface area (Å²) in [6.45, 7) is 2.02. The first kappa shape index (κ1) is 11.3. The molecule has 1 saturated carbocycles. The Labute approximate surface area is 96.3 Å². The summed E-state index contributed by atoms with van der Waals surface area (Å²) in [7, 11) is 0. The van der Waals surface area contributed by atoms with E-state index in [2.05, 4.69) is 0 Å². The van der Waals surface area contributed by atoms with Crippen molar-refractivity contribution in [3.63, 3.8) is 0 Å². The van der Waals surface area contributed by atoms with Gasteiger partial charge in [0.25, 0.3) is 0 Å². The summed E-state index contributed by atoms with van der Waals surface area (Å²) in [6.07, 6.45) is 2.88. The highest BCUT2D eigenvalue weighted by atomic mass is 16.3. The van der Waals surface area contributed by atoms with E-state index in [0.29, 0.717) is 6.42 Å². The fourth-order valence-electron chi connectivity index (χ4n) is 2.34. The Bertz CT molecular complexity index is 367. The van der Waals surface area contributed by atoms with E-state index in [1.807, 2.05) is 31.2 Å². The van der Waals surface area contributed by atoms with Gasteiger partial charge in [-0.05, 0) is 25.3 Å². The molecule has 16 heavy (non-hydrogen) atoms. The Kier molecular flexibility index (Phi) is 3.39. The number of carbonyl (C=O) groups is 1. The van der Waals surface area contributed by atoms with Crippen LogP contribution in [0.1, 0.15) is 42.9 Å². The number of aryl methyl sites for hydroxylation is 1. The minimum Gasteiger partial charge on any atom is -0.388 e. The number of hydrogen-bond acceptors (Lipinski definition) is 2. The van der Waals surface area contributed by atoms with Gasteiger partial charge in [-0.15, -0.1) is 0 Å². The molecule has 1 aliphatic carbocycles. The Balaban J connectivity index is 2.14. The molecule has 1 aromatic rings. The SMILES string of the molecule is Cc1ccc([C@H](O)[C@H]2CCCCC2=O)cc1. The van der Waals surface area contributed by atoms with Crippen LogP contribution in [0.15, 0.2) is 24.3 Å². The first-order chi connectivity index (χ1) is 7.68. The number of ketones is 1. The van der Waals surface area contributed by atoms with Crippen LogP contribution in [0.25, 0.3) is 0 Å². The number of carbonyl (C=O) groups excluding carboxylic acids is 1. The Hall–Kier alpha value is -1.15. The summed E-state index contributed by atoms with van der Waals surface area (Å²) in [5, 5.41) is 10.2. The Morgan fingerprint density at radius 2 is 1.94 bits per heavy atom. The summed E-state index contributed by atoms with van der Waals surface area (Å²) >= 11 is 0. The predicted molar refractivity (Wildman–Crippen MR) is 63.1 cm³/mol. The maximum absolute atomic E-state index is 11.7. The van der Waals surface area contributed by atoms with Crippen molar-refractivity contribution in [2.45, 2.75) is 38.7 Å². The zero-order valence-electron chi connectivity index (χ0n) is 9.65. The normalized spacial score (nSPS) is 23.1. The fourth-order valence-corrected chi connectivity index (χ4v) is 2.34. The van der Waals surface area contributed by atoms with E-state index >= 15 is 0 Å². The molecule has 1 aromatic carbocycles. The van der Waals surface area contributed by atoms with Crippen molar-refractivity contribution in [3.05, 3.63) is 35.4 Å². The average Bonchev–Trinajstić information content (AvgIpc) is 2.30. The summed E-state index contributed by atoms with van der Waals surface area (Å²) in [5.41, 5.74) is 2.04. The molecular weight excluding hydrogens is 200 g/mol. The van der Waals surface area contributed by atoms with Gasteiger partial charge in [0.2, 0.25) is 0 Å². The van der Waals surface area contributed by atoms with E-state index in [-0.39, 0.29) is 11.7 Å². The van der Waals surface area contributed by atoms with Gasteiger partial charge in [-0.25, -0.2) is 0 Å². The maximum Gasteiger partial charge on any atom is 0.138 e. The molecule has 2 atom stereocenters. The van der Waals surface area contributed by atoms with Crippen LogP contribution < -0.4 is 0 Å². The van der Waals surface area contributed by atoms with Gasteiger partial charge in [0.05, 0.1) is 6.10 Å². The molecule has 86 valence electrons. The number of aliphatic hydroxyl groups is 1. The Morgan fingerprint density at radius 1 is 1.25 bits per heavy atom. The molecular formula is C14H18O2. The molecule has 2 heteroatoms. The van der Waals surface area contributed by atoms with Crippen LogP contribution >= 0.6 is 0 Å². The molecule has 1 N–H and O–H groups in total. The van der Waals surface area contributed by atoms with Gasteiger partial charge < -0.3 is 5.11 Å². The van der Waals surface area contributed by atoms with E-state index in [4.69, 9.17) is 0 Å². The molecule has 0 bridgehead atoms. The van der Waals surface area contributed by atoms with Gasteiger partial charge in [0.1, 0.15) is 5.78 Å². The zero-order valence-corrected chi connectivity index (χ0v) is 9.65. The van der Waals surface area contributed by atoms with E-state index in [1.165, 1.54) is 5.56 Å². The average molecular weight is 218 g/mol. The van der Waals surface area contributed by atoms with E-state index in [9.17, 15) is 9.90 Å². The molecule has 0 spiro atoms. The predicted octanol–water partition coefficient (Wildman–Crippen LogP) is 2.79. The number of hydrogen-bond donors (Lipinski definition) is 1. The third-order valence-corrected chi connectivity index (χ3v) is 3.40. The lowest BCUT2D eigenvalue weighted by molar-refractivity contribution is -0.128. The highest BCUT2D eigenvalue weighted by molar-refractivity contribution is 5.82. The van der Waals surface area contributed by atoms with E-state index in [0.717, 1.165) is 24.8 Å². The largest absolute Gasteiger partial charge is 0.388 e. The van der Waals surface area contributed by atoms with Crippen molar-refractivity contribution in [1.29, 1.82) is 0 Å². The molecule has 2 rings (SSSR count). The lowest BCUT2D eigenvalue weighted by atomic mass is 9.81. The second-order valence-electron chi connectivity index (χ2n) is 4.67. The fraction of sp³-hybridized carbons (Fsp3) is 0.500. The van der Waals surface area contributed by atoms with Gasteiger partial charge >= 0.3 is 0 Å². The van der Waals surface area contributed by atoms with Crippen molar-refractivity contribution in [3.8, 4) is 0 Å². The maximum atomic E-state index is 11.7. The first-order valence-electron chi connectivity index (χ1n) is 5.96. The van der Waals surface area contributed by atoms with Crippen molar-refractivity contribution in [2.24, 2.45) is 5.92 Å². The van der Waals surface area contributed by atoms with Gasteiger partial charge in [0, 0.05) is 12.3 Å². The molecule has 0 amide bonds. The lowest BCUT2D eigenvalue weighted by Crippen LogP contribution is -2.25. The first-order valence-corrected chi connectivity index (χ1v) is 5.96. The summed E-state index contributed by atoms with van der Waals surface area (Å²) in [4.78, 5) is 11.7. The van der Waals surface area contributed by atoms with Gasteiger partial charge in [-0.1, -0.05) is 36.2 Å². The second kappa shape index (κ2) is 4.79. The monoisotopic (exact) mass is 218 g/mol. The minimum absolute atomic E-state index is 0.184. The minimum atomic E-state index is -0.617. The van der Waals surface area contributed by atoms with Gasteiger partial charge in [-0.3, -0.25) is 4.79 Å². The van der Waals surface area contributed by atoms with Crippen molar-refractivity contribution < 1.29 is 9.90 Å². The van der Waals surface area contributed by atoms with E-state index < -0.39 is 6.10 Å². The van der Waals surface area contributed by atoms with Crippen LogP contribution in [0.4, 0.5) is 0 Å². The molecule has 0 aliphatic heterocycles. The van der Waals surface area contributed by atoms with Crippen LogP contribution in [-0.2, 0) is 4.79 Å².